The van der Waals surface area contributed by atoms with E-state index in [1.165, 1.54) is 24.0 Å². The maximum atomic E-state index is 13.0. The van der Waals surface area contributed by atoms with Gasteiger partial charge in [0.05, 0.1) is 6.10 Å². The van der Waals surface area contributed by atoms with E-state index in [0.717, 1.165) is 11.3 Å². The molecule has 1 N–H and O–H groups in total. The Morgan fingerprint density at radius 3 is 2.23 bits per heavy atom. The Morgan fingerprint density at radius 2 is 1.69 bits per heavy atom. The number of carbonyl (C=O) groups is 2. The van der Waals surface area contributed by atoms with E-state index in [1.54, 1.807) is 36.4 Å². The van der Waals surface area contributed by atoms with E-state index in [-0.39, 0.29) is 36.8 Å². The van der Waals surface area contributed by atoms with Crippen molar-refractivity contribution in [3.63, 3.8) is 0 Å². The van der Waals surface area contributed by atoms with E-state index < -0.39 is 0 Å². The van der Waals surface area contributed by atoms with Crippen molar-refractivity contribution in [1.82, 2.24) is 4.90 Å². The first-order chi connectivity index (χ1) is 12.3. The summed E-state index contributed by atoms with van der Waals surface area (Å²) in [4.78, 5) is 25.4. The largest absolute Gasteiger partial charge is 0.491 e. The molecule has 0 spiro atoms. The SMILES string of the molecule is CC(=O)N(CC(=O)Nc1ccc(OC(C)C)cc1)Cc1ccc(F)cc1. The molecule has 0 fully saturated rings. The third kappa shape index (κ3) is 6.20. The Kier molecular flexibility index (Phi) is 6.72. The Labute approximate surface area is 152 Å². The molecule has 138 valence electrons. The molecule has 5 nitrogen and oxygen atoms in total. The molecule has 0 aliphatic heterocycles. The highest BCUT2D eigenvalue weighted by molar-refractivity contribution is 5.94. The van der Waals surface area contributed by atoms with Gasteiger partial charge in [0.15, 0.2) is 0 Å². The number of nitrogens with zero attached hydrogens (tertiary/aromatic N) is 1. The maximum Gasteiger partial charge on any atom is 0.244 e. The van der Waals surface area contributed by atoms with Crippen molar-refractivity contribution in [2.24, 2.45) is 0 Å². The lowest BCUT2D eigenvalue weighted by atomic mass is 10.2. The molecule has 0 aliphatic carbocycles. The fourth-order valence-corrected chi connectivity index (χ4v) is 2.35. The van der Waals surface area contributed by atoms with Gasteiger partial charge in [-0.15, -0.1) is 0 Å². The summed E-state index contributed by atoms with van der Waals surface area (Å²) in [6.45, 7) is 5.43. The van der Waals surface area contributed by atoms with Gasteiger partial charge in [0, 0.05) is 19.2 Å². The standard InChI is InChI=1S/C20H23FN2O3/c1-14(2)26-19-10-8-18(9-11-19)22-20(25)13-23(15(3)24)12-16-4-6-17(21)7-5-16/h4-11,14H,12-13H2,1-3H3,(H,22,25). The number of rotatable bonds is 7. The summed E-state index contributed by atoms with van der Waals surface area (Å²) in [6, 6.07) is 12.9. The molecular weight excluding hydrogens is 335 g/mol. The molecule has 26 heavy (non-hydrogen) atoms. The van der Waals surface area contributed by atoms with Gasteiger partial charge in [-0.2, -0.15) is 0 Å². The number of amides is 2. The molecule has 0 saturated carbocycles. The molecule has 2 aromatic rings. The summed E-state index contributed by atoms with van der Waals surface area (Å²) >= 11 is 0. The number of benzene rings is 2. The van der Waals surface area contributed by atoms with E-state index in [0.29, 0.717) is 5.69 Å². The minimum absolute atomic E-state index is 0.0750. The molecule has 2 amide bonds. The highest BCUT2D eigenvalue weighted by Crippen LogP contribution is 2.17. The number of hydrogen-bond donors (Lipinski definition) is 1. The monoisotopic (exact) mass is 358 g/mol. The summed E-state index contributed by atoms with van der Waals surface area (Å²) in [5.74, 6) is -0.157. The molecule has 0 radical (unpaired) electrons. The van der Waals surface area contributed by atoms with Crippen molar-refractivity contribution in [2.45, 2.75) is 33.4 Å². The summed E-state index contributed by atoms with van der Waals surface area (Å²) in [7, 11) is 0. The van der Waals surface area contributed by atoms with Gasteiger partial charge in [0.1, 0.15) is 18.1 Å². The smallest absolute Gasteiger partial charge is 0.244 e. The molecular formula is C20H23FN2O3. The van der Waals surface area contributed by atoms with Crippen LogP contribution in [0.1, 0.15) is 26.3 Å². The van der Waals surface area contributed by atoms with Gasteiger partial charge in [0.2, 0.25) is 11.8 Å². The van der Waals surface area contributed by atoms with Gasteiger partial charge in [-0.1, -0.05) is 12.1 Å². The first kappa shape index (κ1) is 19.4. The van der Waals surface area contributed by atoms with Crippen LogP contribution in [0.15, 0.2) is 48.5 Å². The van der Waals surface area contributed by atoms with Gasteiger partial charge < -0.3 is 15.0 Å². The van der Waals surface area contributed by atoms with E-state index in [2.05, 4.69) is 5.32 Å². The van der Waals surface area contributed by atoms with Gasteiger partial charge >= 0.3 is 0 Å². The highest BCUT2D eigenvalue weighted by Gasteiger charge is 2.14. The average molecular weight is 358 g/mol. The van der Waals surface area contributed by atoms with Crippen molar-refractivity contribution in [2.75, 3.05) is 11.9 Å². The van der Waals surface area contributed by atoms with E-state index in [1.807, 2.05) is 13.8 Å². The lowest BCUT2D eigenvalue weighted by Crippen LogP contribution is -2.36. The topological polar surface area (TPSA) is 58.6 Å². The van der Waals surface area contributed by atoms with Crippen LogP contribution in [0.25, 0.3) is 0 Å². The number of carbonyl (C=O) groups excluding carboxylic acids is 2. The van der Waals surface area contributed by atoms with Crippen LogP contribution in [-0.2, 0) is 16.1 Å². The zero-order valence-corrected chi connectivity index (χ0v) is 15.2. The van der Waals surface area contributed by atoms with Gasteiger partial charge in [0.25, 0.3) is 0 Å². The van der Waals surface area contributed by atoms with Crippen molar-refractivity contribution < 1.29 is 18.7 Å². The first-order valence-corrected chi connectivity index (χ1v) is 8.40. The second-order valence-electron chi connectivity index (χ2n) is 6.24. The highest BCUT2D eigenvalue weighted by atomic mass is 19.1. The van der Waals surface area contributed by atoms with Gasteiger partial charge in [-0.25, -0.2) is 4.39 Å². The predicted octanol–water partition coefficient (Wildman–Crippen LogP) is 3.60. The normalized spacial score (nSPS) is 10.5. The van der Waals surface area contributed by atoms with Crippen molar-refractivity contribution in [3.05, 3.63) is 59.9 Å². The summed E-state index contributed by atoms with van der Waals surface area (Å²) < 4.78 is 18.5. The Morgan fingerprint density at radius 1 is 1.08 bits per heavy atom. The fourth-order valence-electron chi connectivity index (χ4n) is 2.35. The third-order valence-electron chi connectivity index (χ3n) is 3.58. The van der Waals surface area contributed by atoms with Crippen molar-refractivity contribution in [1.29, 1.82) is 0 Å². The summed E-state index contributed by atoms with van der Waals surface area (Å²) in [5, 5.41) is 2.75. The van der Waals surface area contributed by atoms with Crippen LogP contribution >= 0.6 is 0 Å². The molecule has 2 rings (SSSR count). The first-order valence-electron chi connectivity index (χ1n) is 8.40. The zero-order valence-electron chi connectivity index (χ0n) is 15.2. The van der Waals surface area contributed by atoms with Crippen LogP contribution in [-0.4, -0.2) is 29.4 Å². The van der Waals surface area contributed by atoms with E-state index in [9.17, 15) is 14.0 Å². The lowest BCUT2D eigenvalue weighted by Gasteiger charge is -2.20. The molecule has 2 aromatic carbocycles. The van der Waals surface area contributed by atoms with Crippen molar-refractivity contribution in [3.8, 4) is 5.75 Å². The molecule has 0 bridgehead atoms. The summed E-state index contributed by atoms with van der Waals surface area (Å²) in [6.07, 6.45) is 0.0750. The molecule has 0 saturated heterocycles. The zero-order chi connectivity index (χ0) is 19.1. The number of anilines is 1. The number of hydrogen-bond acceptors (Lipinski definition) is 3. The summed E-state index contributed by atoms with van der Waals surface area (Å²) in [5.41, 5.74) is 1.38. The van der Waals surface area contributed by atoms with Crippen LogP contribution in [0.4, 0.5) is 10.1 Å². The molecule has 0 aromatic heterocycles. The fraction of sp³-hybridized carbons (Fsp3) is 0.300. The molecule has 0 heterocycles. The Hall–Kier alpha value is -2.89. The van der Waals surface area contributed by atoms with Crippen molar-refractivity contribution >= 4 is 17.5 Å². The van der Waals surface area contributed by atoms with Crippen LogP contribution < -0.4 is 10.1 Å². The average Bonchev–Trinajstić information content (AvgIpc) is 2.57. The lowest BCUT2D eigenvalue weighted by molar-refractivity contribution is -0.133. The second-order valence-corrected chi connectivity index (χ2v) is 6.24. The maximum absolute atomic E-state index is 13.0. The van der Waals surface area contributed by atoms with E-state index in [4.69, 9.17) is 4.74 Å². The van der Waals surface area contributed by atoms with Gasteiger partial charge in [-0.3, -0.25) is 9.59 Å². The molecule has 0 unspecified atom stereocenters. The van der Waals surface area contributed by atoms with Gasteiger partial charge in [-0.05, 0) is 55.8 Å². The minimum Gasteiger partial charge on any atom is -0.491 e. The number of halogens is 1. The molecule has 0 atom stereocenters. The van der Waals surface area contributed by atoms with E-state index >= 15 is 0 Å². The Bertz CT molecular complexity index is 743. The van der Waals surface area contributed by atoms with Crippen LogP contribution in [0.2, 0.25) is 0 Å². The molecule has 0 aliphatic rings. The second kappa shape index (κ2) is 8.99. The minimum atomic E-state index is -0.342. The number of nitrogens with one attached hydrogen (secondary N) is 1. The van der Waals surface area contributed by atoms with Crippen LogP contribution in [0, 0.1) is 5.82 Å². The Balaban J connectivity index is 1.94. The predicted molar refractivity (Wildman–Crippen MR) is 98.3 cm³/mol. The van der Waals surface area contributed by atoms with Crippen LogP contribution in [0.3, 0.4) is 0 Å². The number of ether oxygens (including phenoxy) is 1. The third-order valence-corrected chi connectivity index (χ3v) is 3.58. The quantitative estimate of drug-likeness (QED) is 0.823. The van der Waals surface area contributed by atoms with Crippen LogP contribution in [0.5, 0.6) is 5.75 Å². The molecule has 6 heteroatoms.